The van der Waals surface area contributed by atoms with Crippen LogP contribution in [0.25, 0.3) is 0 Å². The van der Waals surface area contributed by atoms with Gasteiger partial charge in [-0.1, -0.05) is 13.3 Å². The van der Waals surface area contributed by atoms with Gasteiger partial charge in [0, 0.05) is 24.9 Å². The molecule has 1 rings (SSSR count). The van der Waals surface area contributed by atoms with E-state index in [1.807, 2.05) is 18.8 Å². The van der Waals surface area contributed by atoms with Crippen LogP contribution in [-0.2, 0) is 10.2 Å². The molecule has 0 aromatic rings. The summed E-state index contributed by atoms with van der Waals surface area (Å²) in [6.07, 6.45) is 4.02. The molecule has 5 nitrogen and oxygen atoms in total. The summed E-state index contributed by atoms with van der Waals surface area (Å²) in [5.74, 6) is 1.04. The normalized spacial score (nSPS) is 24.2. The Kier molecular flexibility index (Phi) is 7.68. The van der Waals surface area contributed by atoms with Crippen LogP contribution in [0, 0.1) is 0 Å². The van der Waals surface area contributed by atoms with Gasteiger partial charge < -0.3 is 5.32 Å². The molecule has 1 aliphatic rings. The zero-order valence-electron chi connectivity index (χ0n) is 12.2. The predicted octanol–water partition coefficient (Wildman–Crippen LogP) is 1.04. The van der Waals surface area contributed by atoms with Crippen molar-refractivity contribution in [2.45, 2.75) is 43.9 Å². The maximum Gasteiger partial charge on any atom is 0.279 e. The molecule has 0 spiro atoms. The Morgan fingerprint density at radius 3 is 2.74 bits per heavy atom. The highest BCUT2D eigenvalue weighted by molar-refractivity contribution is 8.00. The van der Waals surface area contributed by atoms with Gasteiger partial charge in [0.05, 0.1) is 0 Å². The first kappa shape index (κ1) is 17.2. The van der Waals surface area contributed by atoms with E-state index in [1.54, 1.807) is 7.05 Å². The highest BCUT2D eigenvalue weighted by Gasteiger charge is 2.31. The average molecular weight is 310 g/mol. The standard InChI is InChI=1S/C12H27N3O2S2/c1-4-18-12-8-5-7-11(12)14-19(16,17)15(3)10-6-9-13-2/h11-14H,4-10H2,1-3H3. The molecule has 1 aliphatic carbocycles. The van der Waals surface area contributed by atoms with Crippen molar-refractivity contribution in [3.63, 3.8) is 0 Å². The second kappa shape index (κ2) is 8.46. The van der Waals surface area contributed by atoms with Gasteiger partial charge >= 0.3 is 0 Å². The van der Waals surface area contributed by atoms with Crippen molar-refractivity contribution >= 4 is 22.0 Å². The van der Waals surface area contributed by atoms with Crippen LogP contribution in [0.1, 0.15) is 32.6 Å². The van der Waals surface area contributed by atoms with Crippen molar-refractivity contribution < 1.29 is 8.42 Å². The molecule has 0 aliphatic heterocycles. The molecule has 114 valence electrons. The van der Waals surface area contributed by atoms with E-state index in [0.717, 1.165) is 38.0 Å². The lowest BCUT2D eigenvalue weighted by molar-refractivity contribution is 0.438. The van der Waals surface area contributed by atoms with Gasteiger partial charge in [-0.05, 0) is 38.6 Å². The lowest BCUT2D eigenvalue weighted by atomic mass is 10.3. The Labute approximate surface area is 122 Å². The van der Waals surface area contributed by atoms with Crippen LogP contribution in [0.15, 0.2) is 0 Å². The highest BCUT2D eigenvalue weighted by atomic mass is 32.2. The van der Waals surface area contributed by atoms with E-state index < -0.39 is 10.2 Å². The lowest BCUT2D eigenvalue weighted by Crippen LogP contribution is -2.46. The van der Waals surface area contributed by atoms with Crippen LogP contribution in [0.3, 0.4) is 0 Å². The molecular formula is C12H27N3O2S2. The molecule has 2 N–H and O–H groups in total. The van der Waals surface area contributed by atoms with Crippen molar-refractivity contribution in [3.8, 4) is 0 Å². The Bertz CT molecular complexity index is 349. The van der Waals surface area contributed by atoms with E-state index in [0.29, 0.717) is 11.8 Å². The zero-order chi connectivity index (χ0) is 14.3. The number of nitrogens with zero attached hydrogens (tertiary/aromatic N) is 1. The van der Waals surface area contributed by atoms with Gasteiger partial charge in [-0.25, -0.2) is 0 Å². The minimum atomic E-state index is -3.33. The van der Waals surface area contributed by atoms with Gasteiger partial charge in [-0.2, -0.15) is 29.2 Å². The van der Waals surface area contributed by atoms with E-state index in [2.05, 4.69) is 17.0 Å². The van der Waals surface area contributed by atoms with Crippen molar-refractivity contribution in [3.05, 3.63) is 0 Å². The van der Waals surface area contributed by atoms with E-state index in [4.69, 9.17) is 0 Å². The second-order valence-electron chi connectivity index (χ2n) is 4.93. The molecule has 1 saturated carbocycles. The number of hydrogen-bond acceptors (Lipinski definition) is 4. The van der Waals surface area contributed by atoms with Crippen molar-refractivity contribution in [1.82, 2.24) is 14.3 Å². The molecule has 0 saturated heterocycles. The SMILES string of the molecule is CCSC1CCCC1NS(=O)(=O)N(C)CCCNC. The van der Waals surface area contributed by atoms with Gasteiger partial charge in [0.25, 0.3) is 10.2 Å². The Balaban J connectivity index is 2.48. The highest BCUT2D eigenvalue weighted by Crippen LogP contribution is 2.30. The third kappa shape index (κ3) is 5.59. The first-order chi connectivity index (χ1) is 9.01. The van der Waals surface area contributed by atoms with Crippen molar-refractivity contribution in [1.29, 1.82) is 0 Å². The summed E-state index contributed by atoms with van der Waals surface area (Å²) < 4.78 is 28.7. The van der Waals surface area contributed by atoms with Crippen molar-refractivity contribution in [2.75, 3.05) is 32.9 Å². The summed E-state index contributed by atoms with van der Waals surface area (Å²) in [5, 5.41) is 3.46. The molecular weight excluding hydrogens is 282 g/mol. The maximum atomic E-state index is 12.2. The number of nitrogens with one attached hydrogen (secondary N) is 2. The van der Waals surface area contributed by atoms with Crippen molar-refractivity contribution in [2.24, 2.45) is 0 Å². The first-order valence-corrected chi connectivity index (χ1v) is 9.50. The molecule has 0 heterocycles. The lowest BCUT2D eigenvalue weighted by Gasteiger charge is -2.24. The molecule has 0 aromatic carbocycles. The van der Waals surface area contributed by atoms with Gasteiger partial charge in [-0.3, -0.25) is 0 Å². The molecule has 0 amide bonds. The van der Waals surface area contributed by atoms with E-state index in [1.165, 1.54) is 4.31 Å². The smallest absolute Gasteiger partial charge is 0.279 e. The first-order valence-electron chi connectivity index (χ1n) is 7.01. The minimum Gasteiger partial charge on any atom is -0.320 e. The quantitative estimate of drug-likeness (QED) is 0.625. The van der Waals surface area contributed by atoms with E-state index >= 15 is 0 Å². The van der Waals surface area contributed by atoms with Crippen LogP contribution in [0.4, 0.5) is 0 Å². The number of thioether (sulfide) groups is 1. The molecule has 2 unspecified atom stereocenters. The van der Waals surface area contributed by atoms with Crippen LogP contribution in [0.5, 0.6) is 0 Å². The largest absolute Gasteiger partial charge is 0.320 e. The monoisotopic (exact) mass is 309 g/mol. The molecule has 0 bridgehead atoms. The summed E-state index contributed by atoms with van der Waals surface area (Å²) in [4.78, 5) is 0. The fraction of sp³-hybridized carbons (Fsp3) is 1.00. The Morgan fingerprint density at radius 1 is 1.37 bits per heavy atom. The topological polar surface area (TPSA) is 61.4 Å². The van der Waals surface area contributed by atoms with Crippen LogP contribution < -0.4 is 10.0 Å². The molecule has 7 heteroatoms. The number of rotatable bonds is 9. The van der Waals surface area contributed by atoms with E-state index in [-0.39, 0.29) is 6.04 Å². The van der Waals surface area contributed by atoms with Gasteiger partial charge in [-0.15, -0.1) is 0 Å². The molecule has 2 atom stereocenters. The fourth-order valence-electron chi connectivity index (χ4n) is 2.35. The molecule has 0 aromatic heterocycles. The maximum absolute atomic E-state index is 12.2. The van der Waals surface area contributed by atoms with Crippen LogP contribution >= 0.6 is 11.8 Å². The summed E-state index contributed by atoms with van der Waals surface area (Å²) in [6.45, 7) is 3.50. The fourth-order valence-corrected chi connectivity index (χ4v) is 4.85. The molecule has 0 radical (unpaired) electrons. The molecule has 19 heavy (non-hydrogen) atoms. The summed E-state index contributed by atoms with van der Waals surface area (Å²) in [7, 11) is 0.187. The van der Waals surface area contributed by atoms with Gasteiger partial charge in [0.1, 0.15) is 0 Å². The van der Waals surface area contributed by atoms with Crippen LogP contribution in [0.2, 0.25) is 0 Å². The average Bonchev–Trinajstić information content (AvgIpc) is 2.76. The van der Waals surface area contributed by atoms with Gasteiger partial charge in [0.2, 0.25) is 0 Å². The third-order valence-corrected chi connectivity index (χ3v) is 6.37. The minimum absolute atomic E-state index is 0.0988. The second-order valence-corrected chi connectivity index (χ2v) is 8.26. The van der Waals surface area contributed by atoms with Crippen LogP contribution in [-0.4, -0.2) is 57.0 Å². The third-order valence-electron chi connectivity index (χ3n) is 3.44. The van der Waals surface area contributed by atoms with Gasteiger partial charge in [0.15, 0.2) is 0 Å². The summed E-state index contributed by atoms with van der Waals surface area (Å²) >= 11 is 1.87. The predicted molar refractivity (Wildman–Crippen MR) is 82.8 cm³/mol. The Hall–Kier alpha value is 0.180. The summed E-state index contributed by atoms with van der Waals surface area (Å²) in [6, 6.07) is 0.0988. The number of hydrogen-bond donors (Lipinski definition) is 2. The summed E-state index contributed by atoms with van der Waals surface area (Å²) in [5.41, 5.74) is 0. The van der Waals surface area contributed by atoms with E-state index in [9.17, 15) is 8.42 Å². The molecule has 1 fully saturated rings. The Morgan fingerprint density at radius 2 is 2.11 bits per heavy atom. The zero-order valence-corrected chi connectivity index (χ0v) is 13.8.